The molecule has 0 unspecified atom stereocenters. The highest BCUT2D eigenvalue weighted by molar-refractivity contribution is 7.89. The topological polar surface area (TPSA) is 134 Å². The van der Waals surface area contributed by atoms with Gasteiger partial charge in [-0.1, -0.05) is 29.5 Å². The predicted molar refractivity (Wildman–Crippen MR) is 153 cm³/mol. The molecule has 4 aromatic rings. The zero-order chi connectivity index (χ0) is 27.6. The van der Waals surface area contributed by atoms with E-state index in [9.17, 15) is 16.8 Å². The molecular formula is C26H31N5O5S3. The van der Waals surface area contributed by atoms with Gasteiger partial charge in [-0.3, -0.25) is 0 Å². The third kappa shape index (κ3) is 6.67. The van der Waals surface area contributed by atoms with Gasteiger partial charge in [0.25, 0.3) is 0 Å². The Labute approximate surface area is 232 Å². The summed E-state index contributed by atoms with van der Waals surface area (Å²) in [7, 11) is -6.93. The molecule has 2 aromatic heterocycles. The van der Waals surface area contributed by atoms with Crippen LogP contribution in [0.4, 0.5) is 5.13 Å². The number of anilines is 1. The molecule has 10 nitrogen and oxygen atoms in total. The molecule has 0 atom stereocenters. The van der Waals surface area contributed by atoms with Crippen LogP contribution in [0.15, 0.2) is 57.8 Å². The molecule has 3 heterocycles. The molecule has 13 heteroatoms. The van der Waals surface area contributed by atoms with Crippen molar-refractivity contribution in [2.45, 2.75) is 31.1 Å². The van der Waals surface area contributed by atoms with Gasteiger partial charge in [0, 0.05) is 38.2 Å². The molecule has 1 fully saturated rings. The molecule has 0 amide bonds. The molecule has 0 spiro atoms. The number of thiazole rings is 1. The number of hydrogen-bond acceptors (Lipinski definition) is 9. The van der Waals surface area contributed by atoms with Crippen LogP contribution in [0.5, 0.6) is 0 Å². The lowest BCUT2D eigenvalue weighted by Crippen LogP contribution is -2.41. The molecule has 0 aliphatic carbocycles. The van der Waals surface area contributed by atoms with E-state index in [1.54, 1.807) is 18.2 Å². The number of sulfonamides is 2. The molecule has 39 heavy (non-hydrogen) atoms. The Morgan fingerprint density at radius 1 is 1.05 bits per heavy atom. The van der Waals surface area contributed by atoms with Gasteiger partial charge in [0.1, 0.15) is 5.76 Å². The molecule has 1 saturated heterocycles. The summed E-state index contributed by atoms with van der Waals surface area (Å²) in [6.45, 7) is 3.61. The van der Waals surface area contributed by atoms with Crippen LogP contribution in [0.1, 0.15) is 24.3 Å². The smallest absolute Gasteiger partial charge is 0.240 e. The minimum Gasteiger partial charge on any atom is -0.441 e. The lowest BCUT2D eigenvalue weighted by molar-refractivity contribution is 0.275. The maximum absolute atomic E-state index is 12.9. The van der Waals surface area contributed by atoms with Gasteiger partial charge in [0.15, 0.2) is 5.13 Å². The molecule has 2 N–H and O–H groups in total. The summed E-state index contributed by atoms with van der Waals surface area (Å²) in [4.78, 5) is 9.37. The molecular weight excluding hydrogens is 559 g/mol. The van der Waals surface area contributed by atoms with Gasteiger partial charge < -0.3 is 9.73 Å². The first-order chi connectivity index (χ1) is 18.6. The van der Waals surface area contributed by atoms with Crippen LogP contribution in [0.25, 0.3) is 21.7 Å². The Morgan fingerprint density at radius 3 is 2.51 bits per heavy atom. The van der Waals surface area contributed by atoms with E-state index in [-0.39, 0.29) is 17.4 Å². The Balaban J connectivity index is 1.17. The molecule has 2 aromatic carbocycles. The highest BCUT2D eigenvalue weighted by Gasteiger charge is 2.26. The van der Waals surface area contributed by atoms with Crippen molar-refractivity contribution in [3.8, 4) is 11.5 Å². The van der Waals surface area contributed by atoms with E-state index in [4.69, 9.17) is 4.42 Å². The van der Waals surface area contributed by atoms with Crippen LogP contribution in [-0.4, -0.2) is 63.5 Å². The quantitative estimate of drug-likeness (QED) is 0.285. The van der Waals surface area contributed by atoms with Crippen LogP contribution in [0, 0.1) is 12.8 Å². The van der Waals surface area contributed by atoms with Crippen molar-refractivity contribution >= 4 is 46.7 Å². The van der Waals surface area contributed by atoms with Crippen molar-refractivity contribution < 1.29 is 21.3 Å². The zero-order valence-corrected chi connectivity index (χ0v) is 24.2. The van der Waals surface area contributed by atoms with E-state index < -0.39 is 20.0 Å². The molecule has 0 saturated carbocycles. The fraction of sp³-hybridized carbons (Fsp3) is 0.385. The Kier molecular flexibility index (Phi) is 8.06. The number of aryl methyl sites for hydroxylation is 1. The van der Waals surface area contributed by atoms with E-state index in [2.05, 4.69) is 20.0 Å². The maximum Gasteiger partial charge on any atom is 0.240 e. The highest BCUT2D eigenvalue weighted by atomic mass is 32.2. The first-order valence-electron chi connectivity index (χ1n) is 12.7. The van der Waals surface area contributed by atoms with Gasteiger partial charge in [-0.05, 0) is 56.0 Å². The average Bonchev–Trinajstić information content (AvgIpc) is 3.50. The van der Waals surface area contributed by atoms with Crippen molar-refractivity contribution in [2.24, 2.45) is 5.92 Å². The van der Waals surface area contributed by atoms with E-state index in [1.165, 1.54) is 21.9 Å². The summed E-state index contributed by atoms with van der Waals surface area (Å²) in [6.07, 6.45) is 3.10. The molecule has 0 bridgehead atoms. The Hall–Kier alpha value is -2.84. The summed E-state index contributed by atoms with van der Waals surface area (Å²) in [5.74, 6) is 1.47. The number of piperidine rings is 1. The number of hydrogen-bond donors (Lipinski definition) is 2. The first-order valence-corrected chi connectivity index (χ1v) is 16.8. The molecule has 0 radical (unpaired) electrons. The number of rotatable bonds is 10. The van der Waals surface area contributed by atoms with Crippen LogP contribution >= 0.6 is 11.3 Å². The summed E-state index contributed by atoms with van der Waals surface area (Å²) in [5.41, 5.74) is 2.42. The number of nitrogens with zero attached hydrogens (tertiary/aromatic N) is 3. The van der Waals surface area contributed by atoms with Crippen molar-refractivity contribution in [3.05, 3.63) is 60.0 Å². The summed E-state index contributed by atoms with van der Waals surface area (Å²) in [6, 6.07) is 14.7. The fourth-order valence-corrected chi connectivity index (χ4v) is 7.44. The molecule has 208 valence electrons. The third-order valence-electron chi connectivity index (χ3n) is 6.83. The van der Waals surface area contributed by atoms with E-state index in [0.29, 0.717) is 55.4 Å². The van der Waals surface area contributed by atoms with E-state index in [0.717, 1.165) is 21.7 Å². The predicted octanol–water partition coefficient (Wildman–Crippen LogP) is 3.86. The number of oxazole rings is 1. The second kappa shape index (κ2) is 11.3. The standard InChI is InChI=1S/C26H31N5O5S3/c1-18-22(29-25(36-18)20-6-4-3-5-7-20)10-13-27-26-30-23-16-21(8-9-24(23)37-26)39(34,35)28-17-19-11-14-31(15-12-19)38(2,32)33/h3-9,16,19,28H,10-15,17H2,1-2H3,(H,27,30). The summed E-state index contributed by atoms with van der Waals surface area (Å²) < 4.78 is 60.1. The summed E-state index contributed by atoms with van der Waals surface area (Å²) >= 11 is 1.46. The molecule has 1 aliphatic rings. The number of benzene rings is 2. The van der Waals surface area contributed by atoms with Gasteiger partial charge in [0.2, 0.25) is 25.9 Å². The zero-order valence-electron chi connectivity index (χ0n) is 21.8. The highest BCUT2D eigenvalue weighted by Crippen LogP contribution is 2.28. The lowest BCUT2D eigenvalue weighted by Gasteiger charge is -2.30. The fourth-order valence-electron chi connectivity index (χ4n) is 4.56. The Bertz CT molecular complexity index is 1660. The second-order valence-corrected chi connectivity index (χ2v) is 14.5. The van der Waals surface area contributed by atoms with Crippen molar-refractivity contribution in [1.82, 2.24) is 19.0 Å². The van der Waals surface area contributed by atoms with Gasteiger partial charge in [-0.15, -0.1) is 0 Å². The number of fused-ring (bicyclic) bond motifs is 1. The second-order valence-electron chi connectivity index (χ2n) is 9.67. The normalized spacial score (nSPS) is 15.6. The summed E-state index contributed by atoms with van der Waals surface area (Å²) in [5, 5.41) is 4.02. The third-order valence-corrected chi connectivity index (χ3v) is 10.5. The van der Waals surface area contributed by atoms with Crippen LogP contribution in [0.3, 0.4) is 0 Å². The van der Waals surface area contributed by atoms with E-state index >= 15 is 0 Å². The van der Waals surface area contributed by atoms with Gasteiger partial charge in [-0.25, -0.2) is 35.8 Å². The van der Waals surface area contributed by atoms with Crippen LogP contribution < -0.4 is 10.0 Å². The minimum atomic E-state index is -3.72. The minimum absolute atomic E-state index is 0.0914. The Morgan fingerprint density at radius 2 is 1.79 bits per heavy atom. The molecule has 1 aliphatic heterocycles. The van der Waals surface area contributed by atoms with E-state index in [1.807, 2.05) is 37.3 Å². The molecule has 5 rings (SSSR count). The van der Waals surface area contributed by atoms with Gasteiger partial charge in [0.05, 0.1) is 27.1 Å². The lowest BCUT2D eigenvalue weighted by atomic mass is 9.99. The number of nitrogens with one attached hydrogen (secondary N) is 2. The van der Waals surface area contributed by atoms with Crippen molar-refractivity contribution in [1.29, 1.82) is 0 Å². The van der Waals surface area contributed by atoms with Crippen LogP contribution in [-0.2, 0) is 26.5 Å². The number of aromatic nitrogens is 2. The monoisotopic (exact) mass is 589 g/mol. The van der Waals surface area contributed by atoms with Crippen LogP contribution in [0.2, 0.25) is 0 Å². The SMILES string of the molecule is Cc1oc(-c2ccccc2)nc1CCNc1nc2cc(S(=O)(=O)NCC3CCN(S(C)(=O)=O)CC3)ccc2s1. The largest absolute Gasteiger partial charge is 0.441 e. The van der Waals surface area contributed by atoms with Crippen molar-refractivity contribution in [3.63, 3.8) is 0 Å². The van der Waals surface area contributed by atoms with Crippen molar-refractivity contribution in [2.75, 3.05) is 37.8 Å². The van der Waals surface area contributed by atoms with Gasteiger partial charge >= 0.3 is 0 Å². The maximum atomic E-state index is 12.9. The average molecular weight is 590 g/mol. The first kappa shape index (κ1) is 27.7. The van der Waals surface area contributed by atoms with Gasteiger partial charge in [-0.2, -0.15) is 0 Å².